The van der Waals surface area contributed by atoms with Gasteiger partial charge in [0, 0.05) is 12.2 Å². The van der Waals surface area contributed by atoms with E-state index in [9.17, 15) is 4.79 Å². The van der Waals surface area contributed by atoms with E-state index in [2.05, 4.69) is 33.2 Å². The first-order valence-corrected chi connectivity index (χ1v) is 9.10. The van der Waals surface area contributed by atoms with E-state index in [0.29, 0.717) is 5.69 Å². The largest absolute Gasteiger partial charge is 0.336 e. The number of carbonyl (C=O) groups excluding carboxylic acids is 1. The summed E-state index contributed by atoms with van der Waals surface area (Å²) in [5.41, 5.74) is 3.60. The van der Waals surface area contributed by atoms with E-state index in [1.54, 1.807) is 22.7 Å². The van der Waals surface area contributed by atoms with Crippen LogP contribution in [0.4, 0.5) is 5.69 Å². The number of hydrogen-bond donors (Lipinski definition) is 1. The van der Waals surface area contributed by atoms with Gasteiger partial charge >= 0.3 is 0 Å². The van der Waals surface area contributed by atoms with Gasteiger partial charge in [-0.1, -0.05) is 0 Å². The fourth-order valence-electron chi connectivity index (χ4n) is 2.82. The third kappa shape index (κ3) is 2.44. The number of nitrogens with zero attached hydrogens (tertiary/aromatic N) is 2. The number of hydrogen-bond acceptors (Lipinski definition) is 4. The summed E-state index contributed by atoms with van der Waals surface area (Å²) in [4.78, 5) is 17.1. The smallest absolute Gasteiger partial charge is 0.272 e. The summed E-state index contributed by atoms with van der Waals surface area (Å²) in [6.07, 6.45) is 0. The molecule has 3 heterocycles. The zero-order valence-corrected chi connectivity index (χ0v) is 14.4. The predicted octanol–water partition coefficient (Wildman–Crippen LogP) is 4.89. The van der Waals surface area contributed by atoms with Crippen LogP contribution in [0.5, 0.6) is 0 Å². The molecular formula is C17H15N3OS2. The van der Waals surface area contributed by atoms with Crippen LogP contribution in [-0.4, -0.2) is 15.5 Å². The van der Waals surface area contributed by atoms with Gasteiger partial charge in [0.1, 0.15) is 5.69 Å². The molecule has 4 aromatic rings. The van der Waals surface area contributed by atoms with Gasteiger partial charge in [-0.05, 0) is 49.6 Å². The molecule has 3 aromatic heterocycles. The van der Waals surface area contributed by atoms with Gasteiger partial charge in [-0.25, -0.2) is 4.98 Å². The van der Waals surface area contributed by atoms with E-state index in [-0.39, 0.29) is 5.91 Å². The van der Waals surface area contributed by atoms with Crippen LogP contribution in [-0.2, 0) is 6.54 Å². The van der Waals surface area contributed by atoms with Crippen molar-refractivity contribution in [3.63, 3.8) is 0 Å². The second kappa shape index (κ2) is 5.47. The molecule has 0 aliphatic rings. The average Bonchev–Trinajstić information content (AvgIpc) is 3.18. The second-order valence-electron chi connectivity index (χ2n) is 5.31. The first kappa shape index (κ1) is 14.4. The number of benzene rings is 1. The summed E-state index contributed by atoms with van der Waals surface area (Å²) in [7, 11) is 0. The minimum Gasteiger partial charge on any atom is -0.336 e. The quantitative estimate of drug-likeness (QED) is 0.576. The molecule has 23 heavy (non-hydrogen) atoms. The van der Waals surface area contributed by atoms with Crippen LogP contribution >= 0.6 is 22.7 Å². The Morgan fingerprint density at radius 1 is 1.26 bits per heavy atom. The summed E-state index contributed by atoms with van der Waals surface area (Å²) in [6.45, 7) is 4.82. The number of anilines is 1. The molecule has 0 fully saturated rings. The number of aromatic nitrogens is 2. The third-order valence-corrected chi connectivity index (χ3v) is 5.61. The predicted molar refractivity (Wildman–Crippen MR) is 97.8 cm³/mol. The van der Waals surface area contributed by atoms with Gasteiger partial charge in [0.15, 0.2) is 0 Å². The highest BCUT2D eigenvalue weighted by molar-refractivity contribution is 7.18. The van der Waals surface area contributed by atoms with Crippen molar-refractivity contribution in [1.82, 2.24) is 9.55 Å². The van der Waals surface area contributed by atoms with Crippen molar-refractivity contribution in [1.29, 1.82) is 0 Å². The first-order chi connectivity index (χ1) is 11.2. The molecular weight excluding hydrogens is 326 g/mol. The van der Waals surface area contributed by atoms with Crippen molar-refractivity contribution in [2.24, 2.45) is 0 Å². The first-order valence-electron chi connectivity index (χ1n) is 7.41. The van der Waals surface area contributed by atoms with Crippen molar-refractivity contribution in [3.05, 3.63) is 46.4 Å². The lowest BCUT2D eigenvalue weighted by atomic mass is 10.3. The molecule has 1 N–H and O–H groups in total. The summed E-state index contributed by atoms with van der Waals surface area (Å²) >= 11 is 3.29. The topological polar surface area (TPSA) is 46.9 Å². The summed E-state index contributed by atoms with van der Waals surface area (Å²) in [5.74, 6) is -0.0733. The van der Waals surface area contributed by atoms with Crippen molar-refractivity contribution >= 4 is 54.7 Å². The summed E-state index contributed by atoms with van der Waals surface area (Å²) in [6, 6.07) is 9.87. The van der Waals surface area contributed by atoms with Gasteiger partial charge in [-0.15, -0.1) is 22.7 Å². The molecule has 0 radical (unpaired) electrons. The summed E-state index contributed by atoms with van der Waals surface area (Å²) < 4.78 is 4.29. The van der Waals surface area contributed by atoms with Crippen LogP contribution in [0.25, 0.3) is 20.4 Å². The van der Waals surface area contributed by atoms with Crippen molar-refractivity contribution < 1.29 is 4.79 Å². The number of nitrogens with one attached hydrogen (secondary N) is 1. The molecule has 0 saturated heterocycles. The third-order valence-electron chi connectivity index (χ3n) is 3.82. The van der Waals surface area contributed by atoms with Crippen LogP contribution in [0.2, 0.25) is 0 Å². The number of fused-ring (bicyclic) bond motifs is 2. The Morgan fingerprint density at radius 3 is 2.96 bits per heavy atom. The van der Waals surface area contributed by atoms with E-state index in [1.807, 2.05) is 31.2 Å². The van der Waals surface area contributed by atoms with Gasteiger partial charge in [0.05, 0.1) is 25.4 Å². The number of thiazole rings is 1. The molecule has 0 aliphatic heterocycles. The molecule has 0 unspecified atom stereocenters. The van der Waals surface area contributed by atoms with Crippen molar-refractivity contribution in [2.45, 2.75) is 20.4 Å². The maximum absolute atomic E-state index is 12.7. The van der Waals surface area contributed by atoms with Crippen LogP contribution in [0.1, 0.15) is 22.4 Å². The Morgan fingerprint density at radius 2 is 2.13 bits per heavy atom. The highest BCUT2D eigenvalue weighted by Crippen LogP contribution is 2.27. The van der Waals surface area contributed by atoms with Crippen LogP contribution < -0.4 is 5.32 Å². The molecule has 4 nitrogen and oxygen atoms in total. The molecule has 0 bridgehead atoms. The maximum Gasteiger partial charge on any atom is 0.272 e. The lowest BCUT2D eigenvalue weighted by molar-refractivity contribution is 0.101. The van der Waals surface area contributed by atoms with Crippen LogP contribution in [0, 0.1) is 6.92 Å². The number of thiophene rings is 1. The standard InChI is InChI=1S/C17H15N3OS2/c1-3-20-13-6-7-22-16(13)9-14(20)17(21)19-11-4-5-12-15(8-11)23-10(2)18-12/h4-9H,3H2,1-2H3,(H,19,21). The minimum atomic E-state index is -0.0733. The Labute approximate surface area is 141 Å². The molecule has 6 heteroatoms. The van der Waals surface area contributed by atoms with Gasteiger partial charge in [-0.3, -0.25) is 4.79 Å². The number of aryl methyl sites for hydroxylation is 2. The Kier molecular flexibility index (Phi) is 3.43. The second-order valence-corrected chi connectivity index (χ2v) is 7.50. The van der Waals surface area contributed by atoms with E-state index in [0.717, 1.165) is 37.7 Å². The zero-order valence-electron chi connectivity index (χ0n) is 12.8. The fourth-order valence-corrected chi connectivity index (χ4v) is 4.51. The fraction of sp³-hybridized carbons (Fsp3) is 0.176. The number of amides is 1. The van der Waals surface area contributed by atoms with E-state index >= 15 is 0 Å². The SMILES string of the molecule is CCn1c(C(=O)Nc2ccc3nc(C)sc3c2)cc2sccc21. The molecule has 4 rings (SSSR count). The highest BCUT2D eigenvalue weighted by Gasteiger charge is 2.16. The zero-order chi connectivity index (χ0) is 16.0. The number of rotatable bonds is 3. The van der Waals surface area contributed by atoms with Gasteiger partial charge in [-0.2, -0.15) is 0 Å². The minimum absolute atomic E-state index is 0.0733. The molecule has 0 saturated carbocycles. The normalized spacial score (nSPS) is 11.4. The van der Waals surface area contributed by atoms with Gasteiger partial charge in [0.2, 0.25) is 0 Å². The number of carbonyl (C=O) groups is 1. The van der Waals surface area contributed by atoms with Crippen LogP contribution in [0.15, 0.2) is 35.7 Å². The van der Waals surface area contributed by atoms with Crippen molar-refractivity contribution in [3.8, 4) is 0 Å². The Bertz CT molecular complexity index is 1030. The van der Waals surface area contributed by atoms with Crippen molar-refractivity contribution in [2.75, 3.05) is 5.32 Å². The Hall–Kier alpha value is -2.18. The molecule has 116 valence electrons. The molecule has 1 aromatic carbocycles. The molecule has 0 atom stereocenters. The van der Waals surface area contributed by atoms with Gasteiger partial charge in [0.25, 0.3) is 5.91 Å². The van der Waals surface area contributed by atoms with E-state index in [1.165, 1.54) is 0 Å². The lowest BCUT2D eigenvalue weighted by Crippen LogP contribution is -2.16. The average molecular weight is 341 g/mol. The van der Waals surface area contributed by atoms with Gasteiger partial charge < -0.3 is 9.88 Å². The lowest BCUT2D eigenvalue weighted by Gasteiger charge is -2.08. The van der Waals surface area contributed by atoms with Crippen LogP contribution in [0.3, 0.4) is 0 Å². The molecule has 1 amide bonds. The van der Waals surface area contributed by atoms with E-state index in [4.69, 9.17) is 0 Å². The van der Waals surface area contributed by atoms with E-state index < -0.39 is 0 Å². The monoisotopic (exact) mass is 341 g/mol. The maximum atomic E-state index is 12.7. The summed E-state index contributed by atoms with van der Waals surface area (Å²) in [5, 5.41) is 6.09. The Balaban J connectivity index is 1.68. The molecule has 0 aliphatic carbocycles. The highest BCUT2D eigenvalue weighted by atomic mass is 32.1. The molecule has 0 spiro atoms.